The molecule has 0 aliphatic carbocycles. The summed E-state index contributed by atoms with van der Waals surface area (Å²) in [7, 11) is 0. The van der Waals surface area contributed by atoms with Gasteiger partial charge in [-0.15, -0.1) is 6.42 Å². The van der Waals surface area contributed by atoms with E-state index in [0.29, 0.717) is 18.1 Å². The number of aromatic nitrogens is 3. The smallest absolute Gasteiger partial charge is 0.352 e. The highest BCUT2D eigenvalue weighted by Crippen LogP contribution is 2.35. The number of carbonyl (C=O) groups excluding carboxylic acids is 1. The largest absolute Gasteiger partial charge is 0.419 e. The van der Waals surface area contributed by atoms with Gasteiger partial charge in [0.25, 0.3) is 11.8 Å². The van der Waals surface area contributed by atoms with Crippen molar-refractivity contribution in [3.05, 3.63) is 47.0 Å². The zero-order valence-electron chi connectivity index (χ0n) is 17.2. The van der Waals surface area contributed by atoms with Gasteiger partial charge in [0.1, 0.15) is 5.69 Å². The van der Waals surface area contributed by atoms with Gasteiger partial charge in [0, 0.05) is 31.1 Å². The van der Waals surface area contributed by atoms with Gasteiger partial charge in [-0.25, -0.2) is 23.7 Å². The molecule has 1 aliphatic heterocycles. The quantitative estimate of drug-likeness (QED) is 0.564. The van der Waals surface area contributed by atoms with Crippen molar-refractivity contribution in [3.63, 3.8) is 0 Å². The summed E-state index contributed by atoms with van der Waals surface area (Å²) in [4.78, 5) is 25.6. The molecule has 2 aromatic heterocycles. The Bertz CT molecular complexity index is 1030. The van der Waals surface area contributed by atoms with Crippen molar-refractivity contribution in [2.45, 2.75) is 38.4 Å². The highest BCUT2D eigenvalue weighted by molar-refractivity contribution is 5.95. The molecular formula is C21H20F5N5O. The fourth-order valence-electron chi connectivity index (χ4n) is 3.61. The molecule has 0 radical (unpaired) electrons. The number of nitrogens with zero attached hydrogens (tertiary/aromatic N) is 4. The summed E-state index contributed by atoms with van der Waals surface area (Å²) in [6.07, 6.45) is 1.64. The van der Waals surface area contributed by atoms with E-state index in [4.69, 9.17) is 6.42 Å². The Morgan fingerprint density at radius 1 is 1.31 bits per heavy atom. The fourth-order valence-corrected chi connectivity index (χ4v) is 3.61. The molecule has 170 valence electrons. The second-order valence-electron chi connectivity index (χ2n) is 7.70. The van der Waals surface area contributed by atoms with Crippen LogP contribution in [0.25, 0.3) is 0 Å². The number of terminal acetylenes is 1. The van der Waals surface area contributed by atoms with Crippen LogP contribution in [-0.4, -0.2) is 50.8 Å². The Morgan fingerprint density at radius 3 is 2.56 bits per heavy atom. The molecule has 1 saturated heterocycles. The van der Waals surface area contributed by atoms with Crippen molar-refractivity contribution in [2.24, 2.45) is 5.92 Å². The van der Waals surface area contributed by atoms with Crippen molar-refractivity contribution >= 4 is 11.9 Å². The van der Waals surface area contributed by atoms with Crippen molar-refractivity contribution < 1.29 is 26.7 Å². The molecule has 0 saturated carbocycles. The molecule has 0 bridgehead atoms. The predicted octanol–water partition coefficient (Wildman–Crippen LogP) is 3.78. The average molecular weight is 453 g/mol. The minimum atomic E-state index is -4.58. The Hall–Kier alpha value is -3.29. The molecule has 6 nitrogen and oxygen atoms in total. The lowest BCUT2D eigenvalue weighted by Crippen LogP contribution is -2.57. The maximum atomic E-state index is 14.3. The number of carbonyl (C=O) groups is 1. The van der Waals surface area contributed by atoms with E-state index < -0.39 is 48.5 Å². The van der Waals surface area contributed by atoms with E-state index in [1.54, 1.807) is 19.9 Å². The minimum Gasteiger partial charge on any atom is -0.352 e. The number of nitrogens with one attached hydrogen (secondary N) is 1. The molecule has 11 heteroatoms. The molecule has 1 N–H and O–H groups in total. The number of hydrogen-bond donors (Lipinski definition) is 1. The molecule has 3 heterocycles. The first-order valence-electron chi connectivity index (χ1n) is 9.67. The van der Waals surface area contributed by atoms with E-state index in [1.807, 2.05) is 0 Å². The van der Waals surface area contributed by atoms with Crippen LogP contribution in [0.1, 0.15) is 40.7 Å². The average Bonchev–Trinajstić information content (AvgIpc) is 2.71. The lowest BCUT2D eigenvalue weighted by atomic mass is 9.88. The van der Waals surface area contributed by atoms with Gasteiger partial charge in [-0.05, 0) is 25.0 Å². The Labute approximate surface area is 181 Å². The van der Waals surface area contributed by atoms with Gasteiger partial charge in [0.05, 0.1) is 23.7 Å². The van der Waals surface area contributed by atoms with Gasteiger partial charge in [-0.2, -0.15) is 13.2 Å². The van der Waals surface area contributed by atoms with Crippen molar-refractivity contribution in [1.29, 1.82) is 0 Å². The van der Waals surface area contributed by atoms with E-state index in [2.05, 4.69) is 26.2 Å². The van der Waals surface area contributed by atoms with Gasteiger partial charge in [0.2, 0.25) is 5.95 Å². The fraction of sp³-hybridized carbons (Fsp3) is 0.429. The molecular weight excluding hydrogens is 433 g/mol. The molecule has 1 amide bonds. The monoisotopic (exact) mass is 453 g/mol. The Balaban J connectivity index is 1.85. The third-order valence-electron chi connectivity index (χ3n) is 5.18. The highest BCUT2D eigenvalue weighted by atomic mass is 19.4. The predicted molar refractivity (Wildman–Crippen MR) is 106 cm³/mol. The van der Waals surface area contributed by atoms with Crippen molar-refractivity contribution in [3.8, 4) is 12.3 Å². The Kier molecular flexibility index (Phi) is 6.34. The molecule has 0 aromatic carbocycles. The van der Waals surface area contributed by atoms with Crippen LogP contribution >= 0.6 is 0 Å². The van der Waals surface area contributed by atoms with Crippen LogP contribution in [0.2, 0.25) is 0 Å². The molecule has 1 aliphatic rings. The normalized spacial score (nSPS) is 20.5. The third-order valence-corrected chi connectivity index (χ3v) is 5.18. The van der Waals surface area contributed by atoms with E-state index in [1.165, 1.54) is 6.07 Å². The zero-order valence-corrected chi connectivity index (χ0v) is 17.2. The number of alkyl halides is 5. The van der Waals surface area contributed by atoms with E-state index in [-0.39, 0.29) is 23.8 Å². The van der Waals surface area contributed by atoms with Gasteiger partial charge >= 0.3 is 6.18 Å². The van der Waals surface area contributed by atoms with Crippen LogP contribution in [0.3, 0.4) is 0 Å². The molecule has 2 aromatic rings. The molecule has 1 fully saturated rings. The number of anilines is 1. The number of amides is 1. The second kappa shape index (κ2) is 8.68. The SMILES string of the molecule is C#Cc1ccc(C)nc1C(=O)N1CC(F)(F)CC(C)C1CNc1ncc(C(F)(F)F)cn1. The summed E-state index contributed by atoms with van der Waals surface area (Å²) < 4.78 is 66.7. The second-order valence-corrected chi connectivity index (χ2v) is 7.70. The van der Waals surface area contributed by atoms with Crippen molar-refractivity contribution in [2.75, 3.05) is 18.4 Å². The van der Waals surface area contributed by atoms with E-state index in [9.17, 15) is 26.7 Å². The maximum absolute atomic E-state index is 14.3. The molecule has 2 unspecified atom stereocenters. The number of likely N-dealkylation sites (tertiary alicyclic amines) is 1. The number of aryl methyl sites for hydroxylation is 1. The summed E-state index contributed by atoms with van der Waals surface area (Å²) in [6, 6.07) is 2.41. The molecule has 32 heavy (non-hydrogen) atoms. The lowest BCUT2D eigenvalue weighted by molar-refractivity contribution is -0.138. The first-order chi connectivity index (χ1) is 14.9. The zero-order chi connectivity index (χ0) is 23.7. The van der Waals surface area contributed by atoms with E-state index in [0.717, 1.165) is 4.90 Å². The first-order valence-corrected chi connectivity index (χ1v) is 9.67. The van der Waals surface area contributed by atoms with Crippen LogP contribution in [0.15, 0.2) is 24.5 Å². The molecule has 3 rings (SSSR count). The Morgan fingerprint density at radius 2 is 1.97 bits per heavy atom. The van der Waals surface area contributed by atoms with Crippen molar-refractivity contribution in [1.82, 2.24) is 19.9 Å². The summed E-state index contributed by atoms with van der Waals surface area (Å²) in [5.74, 6) is -2.27. The summed E-state index contributed by atoms with van der Waals surface area (Å²) in [6.45, 7) is 2.33. The first kappa shape index (κ1) is 23.4. The van der Waals surface area contributed by atoms with Gasteiger partial charge < -0.3 is 10.2 Å². The summed E-state index contributed by atoms with van der Waals surface area (Å²) in [5.41, 5.74) is -0.442. The topological polar surface area (TPSA) is 71.0 Å². The summed E-state index contributed by atoms with van der Waals surface area (Å²) >= 11 is 0. The molecule has 2 atom stereocenters. The number of pyridine rings is 1. The molecule has 0 spiro atoms. The highest BCUT2D eigenvalue weighted by Gasteiger charge is 2.46. The van der Waals surface area contributed by atoms with Crippen LogP contribution in [0.4, 0.5) is 27.9 Å². The van der Waals surface area contributed by atoms with Gasteiger partial charge in [0.15, 0.2) is 0 Å². The van der Waals surface area contributed by atoms with E-state index >= 15 is 0 Å². The van der Waals surface area contributed by atoms with Crippen LogP contribution < -0.4 is 5.32 Å². The standard InChI is InChI=1S/C21H20F5N5O/c1-4-14-6-5-13(3)30-17(14)18(32)31-11-20(22,23)7-12(2)16(31)10-29-19-27-8-15(9-28-19)21(24,25)26/h1,5-6,8-9,12,16H,7,10-11H2,2-3H3,(H,27,28,29). The number of halogens is 5. The van der Waals surface area contributed by atoms with Crippen LogP contribution in [-0.2, 0) is 6.18 Å². The number of hydrogen-bond acceptors (Lipinski definition) is 5. The minimum absolute atomic E-state index is 0.0500. The summed E-state index contributed by atoms with van der Waals surface area (Å²) in [5, 5.41) is 2.74. The lowest BCUT2D eigenvalue weighted by Gasteiger charge is -2.43. The number of piperidine rings is 1. The van der Waals surface area contributed by atoms with Crippen LogP contribution in [0.5, 0.6) is 0 Å². The number of rotatable bonds is 4. The van der Waals surface area contributed by atoms with Gasteiger partial charge in [-0.3, -0.25) is 4.79 Å². The van der Waals surface area contributed by atoms with Crippen LogP contribution in [0, 0.1) is 25.2 Å². The third kappa shape index (κ3) is 5.12. The maximum Gasteiger partial charge on any atom is 0.419 e. The van der Waals surface area contributed by atoms with Gasteiger partial charge in [-0.1, -0.05) is 12.8 Å².